The highest BCUT2D eigenvalue weighted by Crippen LogP contribution is 2.28. The summed E-state index contributed by atoms with van der Waals surface area (Å²) in [7, 11) is -4.06. The van der Waals surface area contributed by atoms with Gasteiger partial charge in [0.05, 0.1) is 5.69 Å². The van der Waals surface area contributed by atoms with Gasteiger partial charge in [0, 0.05) is 17.5 Å². The normalized spacial score (nSPS) is 11.7. The molecule has 0 spiro atoms. The molecular formula is C14H10FNO4S. The Balaban J connectivity index is 2.02. The smallest absolute Gasteiger partial charge is 0.295 e. The van der Waals surface area contributed by atoms with Crippen molar-refractivity contribution in [2.45, 2.75) is 5.09 Å². The molecule has 0 fully saturated rings. The number of anilines is 1. The van der Waals surface area contributed by atoms with Gasteiger partial charge < -0.3 is 9.52 Å². The van der Waals surface area contributed by atoms with E-state index in [4.69, 9.17) is 4.42 Å². The van der Waals surface area contributed by atoms with Crippen LogP contribution in [0.3, 0.4) is 0 Å². The van der Waals surface area contributed by atoms with E-state index in [1.54, 1.807) is 24.3 Å². The summed E-state index contributed by atoms with van der Waals surface area (Å²) in [5, 5.41) is 9.87. The number of phenols is 1. The molecule has 108 valence electrons. The lowest BCUT2D eigenvalue weighted by Gasteiger charge is -2.07. The van der Waals surface area contributed by atoms with Crippen molar-refractivity contribution in [3.05, 3.63) is 54.3 Å². The van der Waals surface area contributed by atoms with Gasteiger partial charge in [-0.2, -0.15) is 8.42 Å². The zero-order valence-corrected chi connectivity index (χ0v) is 11.4. The van der Waals surface area contributed by atoms with Crippen LogP contribution >= 0.6 is 0 Å². The lowest BCUT2D eigenvalue weighted by molar-refractivity contribution is 0.473. The van der Waals surface area contributed by atoms with Crippen LogP contribution in [0, 0.1) is 5.82 Å². The summed E-state index contributed by atoms with van der Waals surface area (Å²) in [6.07, 6.45) is 0. The first-order valence-corrected chi connectivity index (χ1v) is 7.44. The molecule has 0 unspecified atom stereocenters. The fraction of sp³-hybridized carbons (Fsp3) is 0. The summed E-state index contributed by atoms with van der Waals surface area (Å²) in [5.74, 6) is -1.05. The molecule has 1 aromatic heterocycles. The van der Waals surface area contributed by atoms with E-state index in [0.717, 1.165) is 18.2 Å². The van der Waals surface area contributed by atoms with Gasteiger partial charge in [0.1, 0.15) is 17.1 Å². The van der Waals surface area contributed by atoms with E-state index in [2.05, 4.69) is 4.72 Å². The number of furan rings is 1. The maximum Gasteiger partial charge on any atom is 0.295 e. The lowest BCUT2D eigenvalue weighted by Crippen LogP contribution is -2.12. The zero-order valence-electron chi connectivity index (χ0n) is 10.6. The standard InChI is InChI=1S/C14H10FNO4S/c15-10-5-6-12(17)11(8-10)16-21(18,19)14-7-9-3-1-2-4-13(9)20-14/h1-8,16-17H. The lowest BCUT2D eigenvalue weighted by atomic mass is 10.3. The van der Waals surface area contributed by atoms with E-state index in [1.807, 2.05) is 0 Å². The number of hydrogen-bond donors (Lipinski definition) is 2. The number of nitrogens with one attached hydrogen (secondary N) is 1. The highest BCUT2D eigenvalue weighted by molar-refractivity contribution is 7.92. The summed E-state index contributed by atoms with van der Waals surface area (Å²) in [5.41, 5.74) is 0.164. The van der Waals surface area contributed by atoms with Gasteiger partial charge in [0.15, 0.2) is 0 Å². The molecule has 0 aliphatic heterocycles. The zero-order chi connectivity index (χ0) is 15.0. The van der Waals surface area contributed by atoms with E-state index >= 15 is 0 Å². The van der Waals surface area contributed by atoms with Gasteiger partial charge in [0.25, 0.3) is 10.0 Å². The fourth-order valence-corrected chi connectivity index (χ4v) is 2.91. The molecular weight excluding hydrogens is 297 g/mol. The van der Waals surface area contributed by atoms with Crippen LogP contribution in [0.2, 0.25) is 0 Å². The van der Waals surface area contributed by atoms with Crippen LogP contribution in [-0.4, -0.2) is 13.5 Å². The van der Waals surface area contributed by atoms with Gasteiger partial charge >= 0.3 is 0 Å². The Morgan fingerprint density at radius 2 is 1.86 bits per heavy atom. The number of rotatable bonds is 3. The monoisotopic (exact) mass is 307 g/mol. The van der Waals surface area contributed by atoms with Crippen LogP contribution in [0.4, 0.5) is 10.1 Å². The molecule has 7 heteroatoms. The third-order valence-corrected chi connectivity index (χ3v) is 4.09. The molecule has 0 aliphatic carbocycles. The molecule has 0 saturated heterocycles. The Morgan fingerprint density at radius 1 is 1.10 bits per heavy atom. The number of para-hydroxylation sites is 1. The van der Waals surface area contributed by atoms with E-state index in [-0.39, 0.29) is 16.5 Å². The molecule has 0 saturated carbocycles. The molecule has 2 aromatic carbocycles. The second kappa shape index (κ2) is 4.78. The topological polar surface area (TPSA) is 79.5 Å². The minimum Gasteiger partial charge on any atom is -0.506 e. The Bertz CT molecular complexity index is 885. The van der Waals surface area contributed by atoms with Gasteiger partial charge in [-0.15, -0.1) is 0 Å². The maximum atomic E-state index is 13.1. The molecule has 0 atom stereocenters. The number of halogens is 1. The van der Waals surface area contributed by atoms with Gasteiger partial charge in [-0.05, 0) is 18.2 Å². The second-order valence-electron chi connectivity index (χ2n) is 4.37. The first kappa shape index (κ1) is 13.4. The molecule has 3 aromatic rings. The van der Waals surface area contributed by atoms with Crippen molar-refractivity contribution in [1.29, 1.82) is 0 Å². The third-order valence-electron chi connectivity index (χ3n) is 2.87. The van der Waals surface area contributed by atoms with Crippen molar-refractivity contribution in [2.24, 2.45) is 0 Å². The number of sulfonamides is 1. The van der Waals surface area contributed by atoms with Crippen LogP contribution < -0.4 is 4.72 Å². The summed E-state index contributed by atoms with van der Waals surface area (Å²) in [6, 6.07) is 11.1. The van der Waals surface area contributed by atoms with Crippen molar-refractivity contribution in [2.75, 3.05) is 4.72 Å². The predicted molar refractivity (Wildman–Crippen MR) is 75.1 cm³/mol. The van der Waals surface area contributed by atoms with Gasteiger partial charge in [-0.1, -0.05) is 18.2 Å². The average molecular weight is 307 g/mol. The minimum absolute atomic E-state index is 0.254. The Hall–Kier alpha value is -2.54. The predicted octanol–water partition coefficient (Wildman–Crippen LogP) is 3.08. The molecule has 0 amide bonds. The van der Waals surface area contributed by atoms with Gasteiger partial charge in [-0.3, -0.25) is 4.72 Å². The second-order valence-corrected chi connectivity index (χ2v) is 5.98. The first-order valence-electron chi connectivity index (χ1n) is 5.96. The Labute approximate surface area is 119 Å². The van der Waals surface area contributed by atoms with Crippen molar-refractivity contribution in [3.8, 4) is 5.75 Å². The van der Waals surface area contributed by atoms with Gasteiger partial charge in [-0.25, -0.2) is 4.39 Å². The van der Waals surface area contributed by atoms with Crippen LogP contribution in [0.5, 0.6) is 5.75 Å². The maximum absolute atomic E-state index is 13.1. The van der Waals surface area contributed by atoms with E-state index in [0.29, 0.717) is 11.0 Å². The highest BCUT2D eigenvalue weighted by atomic mass is 32.2. The van der Waals surface area contributed by atoms with Crippen LogP contribution in [0.15, 0.2) is 58.0 Å². The molecule has 1 heterocycles. The van der Waals surface area contributed by atoms with E-state index < -0.39 is 15.8 Å². The summed E-state index contributed by atoms with van der Waals surface area (Å²) in [6.45, 7) is 0. The number of hydrogen-bond acceptors (Lipinski definition) is 4. The third kappa shape index (κ3) is 2.55. The quantitative estimate of drug-likeness (QED) is 0.729. The number of benzene rings is 2. The summed E-state index contributed by atoms with van der Waals surface area (Å²) in [4.78, 5) is 0. The molecule has 0 bridgehead atoms. The van der Waals surface area contributed by atoms with Crippen molar-refractivity contribution >= 4 is 26.7 Å². The fourth-order valence-electron chi connectivity index (χ4n) is 1.88. The number of phenolic OH excluding ortho intramolecular Hbond substituents is 1. The van der Waals surface area contributed by atoms with Crippen molar-refractivity contribution in [1.82, 2.24) is 0 Å². The van der Waals surface area contributed by atoms with Crippen LogP contribution in [-0.2, 0) is 10.0 Å². The van der Waals surface area contributed by atoms with E-state index in [1.165, 1.54) is 6.07 Å². The first-order chi connectivity index (χ1) is 9.95. The summed E-state index contributed by atoms with van der Waals surface area (Å²) < 4.78 is 44.9. The molecule has 0 radical (unpaired) electrons. The van der Waals surface area contributed by atoms with Crippen LogP contribution in [0.25, 0.3) is 11.0 Å². The average Bonchev–Trinajstić information content (AvgIpc) is 2.87. The largest absolute Gasteiger partial charge is 0.506 e. The molecule has 3 rings (SSSR count). The van der Waals surface area contributed by atoms with Crippen LogP contribution in [0.1, 0.15) is 0 Å². The number of aromatic hydroxyl groups is 1. The Kier molecular flexibility index (Phi) is 3.06. The minimum atomic E-state index is -4.06. The highest BCUT2D eigenvalue weighted by Gasteiger charge is 2.21. The van der Waals surface area contributed by atoms with Gasteiger partial charge in [0.2, 0.25) is 5.09 Å². The molecule has 5 nitrogen and oxygen atoms in total. The van der Waals surface area contributed by atoms with E-state index in [9.17, 15) is 17.9 Å². The molecule has 21 heavy (non-hydrogen) atoms. The number of fused-ring (bicyclic) bond motifs is 1. The Morgan fingerprint density at radius 3 is 2.62 bits per heavy atom. The molecule has 0 aliphatic rings. The molecule has 2 N–H and O–H groups in total. The van der Waals surface area contributed by atoms with Crippen molar-refractivity contribution < 1.29 is 22.3 Å². The SMILES string of the molecule is O=S(=O)(Nc1cc(F)ccc1O)c1cc2ccccc2o1. The van der Waals surface area contributed by atoms with Crippen molar-refractivity contribution in [3.63, 3.8) is 0 Å². The summed E-state index contributed by atoms with van der Waals surface area (Å²) >= 11 is 0.